The molecule has 1 aromatic rings. The van der Waals surface area contributed by atoms with Gasteiger partial charge in [0.2, 0.25) is 5.91 Å². The summed E-state index contributed by atoms with van der Waals surface area (Å²) in [5.74, 6) is 0.0797. The summed E-state index contributed by atoms with van der Waals surface area (Å²) in [5, 5.41) is 3.05. The Morgan fingerprint density at radius 1 is 1.35 bits per heavy atom. The standard InChI is InChI=1S/C16H23BrN2O/c1-10-9-14(17)7-8-15(10)18-16(20)13(4)19-11(2)5-6-12(19)3/h7-9,11-13H,5-6H2,1-4H3,(H,18,20). The number of hydrogen-bond acceptors (Lipinski definition) is 2. The molecule has 0 aromatic heterocycles. The summed E-state index contributed by atoms with van der Waals surface area (Å²) >= 11 is 3.44. The van der Waals surface area contributed by atoms with Crippen LogP contribution in [0.4, 0.5) is 5.69 Å². The van der Waals surface area contributed by atoms with E-state index in [1.54, 1.807) is 0 Å². The molecule has 110 valence electrons. The first kappa shape index (κ1) is 15.5. The van der Waals surface area contributed by atoms with Gasteiger partial charge in [0.15, 0.2) is 0 Å². The number of carbonyl (C=O) groups excluding carboxylic acids is 1. The molecule has 1 aliphatic rings. The molecule has 1 amide bonds. The Morgan fingerprint density at radius 2 is 1.95 bits per heavy atom. The fraction of sp³-hybridized carbons (Fsp3) is 0.562. The fourth-order valence-electron chi connectivity index (χ4n) is 3.12. The number of hydrogen-bond donors (Lipinski definition) is 1. The van der Waals surface area contributed by atoms with Gasteiger partial charge in [-0.2, -0.15) is 0 Å². The normalized spacial score (nSPS) is 24.6. The van der Waals surface area contributed by atoms with E-state index in [1.807, 2.05) is 32.0 Å². The van der Waals surface area contributed by atoms with Crippen LogP contribution in [0.15, 0.2) is 22.7 Å². The minimum atomic E-state index is -0.0921. The van der Waals surface area contributed by atoms with E-state index in [-0.39, 0.29) is 11.9 Å². The highest BCUT2D eigenvalue weighted by atomic mass is 79.9. The number of amides is 1. The van der Waals surface area contributed by atoms with E-state index < -0.39 is 0 Å². The van der Waals surface area contributed by atoms with Gasteiger partial charge in [0.05, 0.1) is 6.04 Å². The topological polar surface area (TPSA) is 32.3 Å². The van der Waals surface area contributed by atoms with Crippen LogP contribution in [-0.2, 0) is 4.79 Å². The van der Waals surface area contributed by atoms with Gasteiger partial charge in [-0.05, 0) is 64.3 Å². The van der Waals surface area contributed by atoms with Crippen molar-refractivity contribution in [3.05, 3.63) is 28.2 Å². The van der Waals surface area contributed by atoms with Crippen LogP contribution in [0.2, 0.25) is 0 Å². The zero-order valence-corrected chi connectivity index (χ0v) is 14.2. The van der Waals surface area contributed by atoms with Crippen LogP contribution in [0, 0.1) is 6.92 Å². The number of carbonyl (C=O) groups is 1. The molecule has 20 heavy (non-hydrogen) atoms. The summed E-state index contributed by atoms with van der Waals surface area (Å²) in [6, 6.07) is 6.79. The Balaban J connectivity index is 2.07. The Bertz CT molecular complexity index is 493. The zero-order valence-electron chi connectivity index (χ0n) is 12.6. The summed E-state index contributed by atoms with van der Waals surface area (Å²) < 4.78 is 1.03. The molecule has 0 saturated carbocycles. The van der Waals surface area contributed by atoms with Gasteiger partial charge >= 0.3 is 0 Å². The number of anilines is 1. The van der Waals surface area contributed by atoms with Crippen molar-refractivity contribution in [3.8, 4) is 0 Å². The van der Waals surface area contributed by atoms with Gasteiger partial charge in [0.1, 0.15) is 0 Å². The van der Waals surface area contributed by atoms with Crippen molar-refractivity contribution in [1.82, 2.24) is 4.90 Å². The fourth-order valence-corrected chi connectivity index (χ4v) is 3.59. The number of nitrogens with one attached hydrogen (secondary N) is 1. The van der Waals surface area contributed by atoms with E-state index in [9.17, 15) is 4.79 Å². The highest BCUT2D eigenvalue weighted by molar-refractivity contribution is 9.10. The van der Waals surface area contributed by atoms with Crippen molar-refractivity contribution >= 4 is 27.5 Å². The molecule has 4 heteroatoms. The highest BCUT2D eigenvalue weighted by Gasteiger charge is 2.34. The average Bonchev–Trinajstić information content (AvgIpc) is 2.71. The molecule has 3 unspecified atom stereocenters. The summed E-state index contributed by atoms with van der Waals surface area (Å²) in [6.45, 7) is 8.42. The molecular weight excluding hydrogens is 316 g/mol. The number of aryl methyl sites for hydroxylation is 1. The summed E-state index contributed by atoms with van der Waals surface area (Å²) in [6.07, 6.45) is 2.35. The minimum absolute atomic E-state index is 0.0797. The van der Waals surface area contributed by atoms with E-state index in [2.05, 4.69) is 40.0 Å². The maximum absolute atomic E-state index is 12.5. The molecule has 1 saturated heterocycles. The predicted molar refractivity (Wildman–Crippen MR) is 87.0 cm³/mol. The van der Waals surface area contributed by atoms with Gasteiger partial charge in [-0.3, -0.25) is 9.69 Å². The Kier molecular flexibility index (Phi) is 4.86. The van der Waals surface area contributed by atoms with Crippen LogP contribution in [0.5, 0.6) is 0 Å². The van der Waals surface area contributed by atoms with Gasteiger partial charge < -0.3 is 5.32 Å². The van der Waals surface area contributed by atoms with Crippen LogP contribution in [0.3, 0.4) is 0 Å². The number of likely N-dealkylation sites (tertiary alicyclic amines) is 1. The van der Waals surface area contributed by atoms with Crippen molar-refractivity contribution in [2.24, 2.45) is 0 Å². The van der Waals surface area contributed by atoms with Crippen molar-refractivity contribution in [2.75, 3.05) is 5.32 Å². The van der Waals surface area contributed by atoms with Crippen molar-refractivity contribution in [2.45, 2.75) is 58.7 Å². The van der Waals surface area contributed by atoms with Crippen LogP contribution in [0.25, 0.3) is 0 Å². The summed E-state index contributed by atoms with van der Waals surface area (Å²) in [5.41, 5.74) is 1.96. The first-order valence-corrected chi connectivity index (χ1v) is 8.04. The van der Waals surface area contributed by atoms with E-state index in [4.69, 9.17) is 0 Å². The van der Waals surface area contributed by atoms with Crippen molar-refractivity contribution < 1.29 is 4.79 Å². The molecule has 1 N–H and O–H groups in total. The molecule has 0 spiro atoms. The number of rotatable bonds is 3. The second-order valence-electron chi connectivity index (χ2n) is 5.85. The average molecular weight is 339 g/mol. The quantitative estimate of drug-likeness (QED) is 0.904. The number of nitrogens with zero attached hydrogens (tertiary/aromatic N) is 1. The van der Waals surface area contributed by atoms with Crippen LogP contribution < -0.4 is 5.32 Å². The molecule has 0 bridgehead atoms. The minimum Gasteiger partial charge on any atom is -0.324 e. The third-order valence-electron chi connectivity index (χ3n) is 4.29. The Morgan fingerprint density at radius 3 is 2.50 bits per heavy atom. The van der Waals surface area contributed by atoms with Crippen molar-refractivity contribution in [3.63, 3.8) is 0 Å². The third-order valence-corrected chi connectivity index (χ3v) is 4.79. The first-order valence-electron chi connectivity index (χ1n) is 7.24. The monoisotopic (exact) mass is 338 g/mol. The van der Waals surface area contributed by atoms with Crippen LogP contribution >= 0.6 is 15.9 Å². The third kappa shape index (κ3) is 3.23. The molecule has 1 aromatic carbocycles. The molecule has 0 aliphatic carbocycles. The van der Waals surface area contributed by atoms with E-state index in [1.165, 1.54) is 12.8 Å². The lowest BCUT2D eigenvalue weighted by molar-refractivity contribution is -0.121. The zero-order chi connectivity index (χ0) is 14.9. The lowest BCUT2D eigenvalue weighted by Crippen LogP contribution is -2.46. The SMILES string of the molecule is Cc1cc(Br)ccc1NC(=O)C(C)N1C(C)CCC1C. The van der Waals surface area contributed by atoms with Gasteiger partial charge in [-0.25, -0.2) is 0 Å². The maximum Gasteiger partial charge on any atom is 0.241 e. The molecule has 1 heterocycles. The molecule has 0 radical (unpaired) electrons. The lowest BCUT2D eigenvalue weighted by atomic mass is 10.1. The predicted octanol–water partition coefficient (Wildman–Crippen LogP) is 3.96. The van der Waals surface area contributed by atoms with Gasteiger partial charge in [0.25, 0.3) is 0 Å². The molecule has 3 nitrogen and oxygen atoms in total. The van der Waals surface area contributed by atoms with Gasteiger partial charge in [0, 0.05) is 22.2 Å². The summed E-state index contributed by atoms with van der Waals surface area (Å²) in [7, 11) is 0. The van der Waals surface area contributed by atoms with E-state index >= 15 is 0 Å². The first-order chi connectivity index (χ1) is 9.40. The number of benzene rings is 1. The Hall–Kier alpha value is -0.870. The summed E-state index contributed by atoms with van der Waals surface area (Å²) in [4.78, 5) is 14.8. The second kappa shape index (κ2) is 6.27. The van der Waals surface area contributed by atoms with E-state index in [0.717, 1.165) is 15.7 Å². The molecular formula is C16H23BrN2O. The Labute approximate surface area is 129 Å². The van der Waals surface area contributed by atoms with Gasteiger partial charge in [-0.1, -0.05) is 15.9 Å². The molecule has 3 atom stereocenters. The second-order valence-corrected chi connectivity index (χ2v) is 6.76. The maximum atomic E-state index is 12.5. The van der Waals surface area contributed by atoms with Gasteiger partial charge in [-0.15, -0.1) is 0 Å². The molecule has 1 fully saturated rings. The molecule has 1 aliphatic heterocycles. The van der Waals surface area contributed by atoms with Crippen LogP contribution in [0.1, 0.15) is 39.2 Å². The highest BCUT2D eigenvalue weighted by Crippen LogP contribution is 2.27. The van der Waals surface area contributed by atoms with Crippen LogP contribution in [-0.4, -0.2) is 28.9 Å². The van der Waals surface area contributed by atoms with Crippen molar-refractivity contribution in [1.29, 1.82) is 0 Å². The number of halogens is 1. The largest absolute Gasteiger partial charge is 0.324 e. The smallest absolute Gasteiger partial charge is 0.241 e. The lowest BCUT2D eigenvalue weighted by Gasteiger charge is -2.31. The van der Waals surface area contributed by atoms with E-state index in [0.29, 0.717) is 12.1 Å². The molecule has 2 rings (SSSR count).